The number of unbranched alkanes of at least 4 members (excludes halogenated alkanes) is 3. The lowest BCUT2D eigenvalue weighted by Gasteiger charge is -2.36. The van der Waals surface area contributed by atoms with Crippen molar-refractivity contribution >= 4 is 129 Å². The van der Waals surface area contributed by atoms with Crippen molar-refractivity contribution in [3.8, 4) is 0 Å². The first kappa shape index (κ1) is 101. The second-order valence-corrected chi connectivity index (χ2v) is 30.7. The van der Waals surface area contributed by atoms with Crippen LogP contribution in [-0.2, 0) is 116 Å². The van der Waals surface area contributed by atoms with Crippen LogP contribution in [0, 0.1) is 13.8 Å². The first-order valence-corrected chi connectivity index (χ1v) is 42.1. The minimum atomic E-state index is -0.794. The fourth-order valence-corrected chi connectivity index (χ4v) is 13.8. The number of aryl methyl sites for hydroxylation is 2. The summed E-state index contributed by atoms with van der Waals surface area (Å²) in [6.07, 6.45) is 2.34. The monoisotopic (exact) mass is 1820 g/mol. The molecule has 0 bridgehead atoms. The van der Waals surface area contributed by atoms with Gasteiger partial charge in [-0.2, -0.15) is 0 Å². The van der Waals surface area contributed by atoms with Crippen molar-refractivity contribution in [1.29, 1.82) is 0 Å². The lowest BCUT2D eigenvalue weighted by Crippen LogP contribution is -2.49. The van der Waals surface area contributed by atoms with Gasteiger partial charge in [-0.1, -0.05) is 224 Å². The van der Waals surface area contributed by atoms with E-state index in [-0.39, 0.29) is 62.0 Å². The second-order valence-electron chi connectivity index (χ2n) is 28.0. The molecule has 4 aromatic carbocycles. The third-order valence-electron chi connectivity index (χ3n) is 17.8. The Hall–Kier alpha value is -8.52. The summed E-state index contributed by atoms with van der Waals surface area (Å²) in [6, 6.07) is 39.6. The van der Waals surface area contributed by atoms with Crippen LogP contribution < -0.4 is 16.0 Å². The summed E-state index contributed by atoms with van der Waals surface area (Å²) in [5.41, 5.74) is 9.60. The Bertz CT molecular complexity index is 4400. The molecule has 6 atom stereocenters. The molecule has 0 radical (unpaired) electrons. The SMILES string of the molecule is C.CC(C)OC1OC(=O)C(Cl)=C1N(Cc1ccccc1)Cc1ccccc1.CC(C)OC1OC(=O)C(Cl)=C1NCCc1ccccc1.CC(C)OC1OC(=O)C(Cl)=C1NCc1ccccc1Cl.CCCCCCNC1=C(Cl)C(=O)OC1OC.CCOC(=O)N1CCN(C2=C(Cl)C(=O)OC2OCC)CC1.CCOC1OC(=O)C(Cl)=C1n1cc(C)cc1C. The molecule has 1 aromatic heterocycles. The number of ether oxygens (including phenoxy) is 13. The number of piperazine rings is 1. The summed E-state index contributed by atoms with van der Waals surface area (Å²) in [6.45, 7) is 29.1. The van der Waals surface area contributed by atoms with E-state index in [1.807, 2.05) is 193 Å². The zero-order chi connectivity index (χ0) is 87.7. The molecular weight excluding hydrogens is 1710 g/mol. The van der Waals surface area contributed by atoms with Gasteiger partial charge in [-0.3, -0.25) is 0 Å². The highest BCUT2D eigenvalue weighted by molar-refractivity contribution is 6.45. The van der Waals surface area contributed by atoms with E-state index < -0.39 is 73.6 Å². The van der Waals surface area contributed by atoms with Gasteiger partial charge in [-0.05, 0) is 129 Å². The van der Waals surface area contributed by atoms with Gasteiger partial charge >= 0.3 is 41.9 Å². The van der Waals surface area contributed by atoms with Gasteiger partial charge < -0.3 is 96.8 Å². The largest absolute Gasteiger partial charge is 0.450 e. The van der Waals surface area contributed by atoms with Crippen molar-refractivity contribution < 1.29 is 95.1 Å². The number of amides is 1. The summed E-state index contributed by atoms with van der Waals surface area (Å²) in [7, 11) is 1.48. The van der Waals surface area contributed by atoms with Gasteiger partial charge in [0.1, 0.15) is 34.2 Å². The lowest BCUT2D eigenvalue weighted by atomic mass is 10.1. The van der Waals surface area contributed by atoms with Gasteiger partial charge in [0.2, 0.25) is 37.7 Å². The van der Waals surface area contributed by atoms with Crippen LogP contribution in [0.1, 0.15) is 136 Å². The van der Waals surface area contributed by atoms with Crippen LogP contribution in [0.5, 0.6) is 0 Å². The summed E-state index contributed by atoms with van der Waals surface area (Å²) >= 11 is 42.1. The molecular formula is C87H110Cl7N7O20. The third kappa shape index (κ3) is 30.4. The molecule has 1 fully saturated rings. The van der Waals surface area contributed by atoms with Crippen molar-refractivity contribution in [1.82, 2.24) is 35.2 Å². The predicted octanol–water partition coefficient (Wildman–Crippen LogP) is 16.5. The molecule has 34 heteroatoms. The smallest absolute Gasteiger partial charge is 0.409 e. The van der Waals surface area contributed by atoms with Crippen molar-refractivity contribution in [2.75, 3.05) is 66.2 Å². The molecule has 7 aliphatic rings. The number of aromatic nitrogens is 1. The number of nitrogens with one attached hydrogen (secondary N) is 3. The van der Waals surface area contributed by atoms with Crippen molar-refractivity contribution in [2.45, 2.75) is 198 Å². The Labute approximate surface area is 743 Å². The van der Waals surface area contributed by atoms with E-state index in [1.165, 1.54) is 31.9 Å². The number of benzene rings is 4. The Kier molecular flexibility index (Phi) is 43.1. The Morgan fingerprint density at radius 3 is 1.37 bits per heavy atom. The predicted molar refractivity (Wildman–Crippen MR) is 463 cm³/mol. The maximum atomic E-state index is 12.1. The number of carbonyl (C=O) groups is 7. The number of carbonyl (C=O) groups excluding carboxylic acids is 7. The van der Waals surface area contributed by atoms with Crippen LogP contribution in [0.4, 0.5) is 4.79 Å². The maximum absolute atomic E-state index is 12.1. The standard InChI is InChI=1S/C21H22ClNO3.C15H18ClNO3.C14H15Cl2NO3.C13H19ClN2O5.C12H14ClNO3.C11H18ClNO3.CH4/c1-15(2)25-21-19(18(22)20(24)26-21)23(13-16-9-5-3-6-10-16)14-17-11-7-4-8-12-17;1-10(2)19-15-13(12(16)14(18)20-15)17-9-8-11-6-4-3-5-7-11;1-8(2)19-14-12(11(16)13(18)20-14)17-7-9-5-3-4-6-10(9)15;1-3-19-12-10(9(14)11(17)21-12)15-5-7-16(8-6-15)13(18)20-4-2;1-4-16-12-10(9(13)11(15)17-12)14-6-7(2)5-8(14)3;1-3-4-5-6-7-13-9-8(12)10(14)16-11(9)15-2;/h3-12,15,21H,13-14H2,1-2H3;3-7,10,15,17H,8-9H2,1-2H3;3-6,8,14,17H,7H2,1-2H3;12H,3-8H2,1-2H3;5-6,12H,4H2,1-3H3;11,13H,3-7H2,1-2H3;1H4. The fourth-order valence-electron chi connectivity index (χ4n) is 12.3. The average Bonchev–Trinajstić information content (AvgIpc) is 1.66. The van der Waals surface area contributed by atoms with E-state index in [2.05, 4.69) is 35.0 Å². The Balaban J connectivity index is 0.000000226. The molecule has 3 N–H and O–H groups in total. The topological polar surface area (TPSA) is 290 Å². The van der Waals surface area contributed by atoms with Gasteiger partial charge in [-0.25, -0.2) is 33.6 Å². The minimum absolute atomic E-state index is 0. The molecule has 662 valence electrons. The summed E-state index contributed by atoms with van der Waals surface area (Å²) < 4.78 is 69.9. The molecule has 0 saturated carbocycles. The highest BCUT2D eigenvalue weighted by atomic mass is 35.5. The second kappa shape index (κ2) is 51.5. The summed E-state index contributed by atoms with van der Waals surface area (Å²) in [4.78, 5) is 86.5. The van der Waals surface area contributed by atoms with E-state index >= 15 is 0 Å². The van der Waals surface area contributed by atoms with Crippen molar-refractivity contribution in [3.05, 3.63) is 225 Å². The number of halogens is 7. The number of rotatable bonds is 32. The number of hydrogen-bond donors (Lipinski definition) is 3. The maximum Gasteiger partial charge on any atom is 0.409 e. The van der Waals surface area contributed by atoms with E-state index in [0.717, 1.165) is 47.3 Å². The van der Waals surface area contributed by atoms with Crippen molar-refractivity contribution in [3.63, 3.8) is 0 Å². The highest BCUT2D eigenvalue weighted by Gasteiger charge is 2.42. The van der Waals surface area contributed by atoms with E-state index in [4.69, 9.17) is 143 Å². The van der Waals surface area contributed by atoms with E-state index in [9.17, 15) is 33.6 Å². The number of hydrogen-bond acceptors (Lipinski definition) is 25. The molecule has 12 rings (SSSR count). The van der Waals surface area contributed by atoms with Crippen LogP contribution in [0.25, 0.3) is 5.70 Å². The molecule has 27 nitrogen and oxygen atoms in total. The fraction of sp³-hybridized carbons (Fsp3) is 0.460. The molecule has 5 aromatic rings. The molecule has 121 heavy (non-hydrogen) atoms. The molecule has 0 spiro atoms. The highest BCUT2D eigenvalue weighted by Crippen LogP contribution is 2.36. The van der Waals surface area contributed by atoms with Gasteiger partial charge in [0.05, 0.1) is 24.9 Å². The van der Waals surface area contributed by atoms with Crippen LogP contribution in [-0.4, -0.2) is 183 Å². The van der Waals surface area contributed by atoms with Gasteiger partial charge in [0, 0.05) is 96.1 Å². The number of esters is 6. The van der Waals surface area contributed by atoms with Crippen molar-refractivity contribution in [2.24, 2.45) is 0 Å². The molecule has 8 heterocycles. The Morgan fingerprint density at radius 1 is 0.479 bits per heavy atom. The zero-order valence-electron chi connectivity index (χ0n) is 69.4. The van der Waals surface area contributed by atoms with Crippen LogP contribution in [0.3, 0.4) is 0 Å². The van der Waals surface area contributed by atoms with Gasteiger partial charge in [0.15, 0.2) is 30.2 Å². The molecule has 0 aliphatic carbocycles. The average molecular weight is 1820 g/mol. The number of nitrogens with zero attached hydrogens (tertiary/aromatic N) is 4. The van der Waals surface area contributed by atoms with Crippen LogP contribution in [0.2, 0.25) is 5.02 Å². The zero-order valence-corrected chi connectivity index (χ0v) is 74.7. The van der Waals surface area contributed by atoms with Crippen LogP contribution >= 0.6 is 81.2 Å². The molecule has 1 amide bonds. The van der Waals surface area contributed by atoms with Crippen LogP contribution in [0.15, 0.2) is 186 Å². The molecule has 6 unspecified atom stereocenters. The molecule has 7 aliphatic heterocycles. The van der Waals surface area contributed by atoms with Gasteiger partial charge in [-0.15, -0.1) is 0 Å². The minimum Gasteiger partial charge on any atom is -0.450 e. The van der Waals surface area contributed by atoms with E-state index in [1.54, 1.807) is 17.9 Å². The first-order valence-electron chi connectivity index (χ1n) is 39.4. The first-order chi connectivity index (χ1) is 57.4. The van der Waals surface area contributed by atoms with Gasteiger partial charge in [0.25, 0.3) is 0 Å². The van der Waals surface area contributed by atoms with E-state index in [0.29, 0.717) is 111 Å². The molecule has 1 saturated heterocycles. The number of cyclic esters (lactones) is 6. The normalized spacial score (nSPS) is 19.2. The number of methoxy groups -OCH3 is 1. The quantitative estimate of drug-likeness (QED) is 0.0205. The third-order valence-corrected chi connectivity index (χ3v) is 20.3. The summed E-state index contributed by atoms with van der Waals surface area (Å²) in [5.74, 6) is -3.30. The Morgan fingerprint density at radius 2 is 0.901 bits per heavy atom. The summed E-state index contributed by atoms with van der Waals surface area (Å²) in [5, 5.41) is 10.4. The lowest BCUT2D eigenvalue weighted by molar-refractivity contribution is -0.169.